The van der Waals surface area contributed by atoms with Crippen LogP contribution in [0.3, 0.4) is 0 Å². The van der Waals surface area contributed by atoms with Crippen LogP contribution in [0.5, 0.6) is 0 Å². The molecule has 3 rings (SSSR count). The molecule has 3 aromatic rings. The highest BCUT2D eigenvalue weighted by Crippen LogP contribution is 2.24. The number of benzene rings is 1. The average Bonchev–Trinajstić information content (AvgIpc) is 2.80. The summed E-state index contributed by atoms with van der Waals surface area (Å²) in [5.41, 5.74) is 4.01. The minimum absolute atomic E-state index is 0.541. The number of nitrogens with zero attached hydrogens (tertiary/aromatic N) is 3. The fourth-order valence-electron chi connectivity index (χ4n) is 2.25. The number of aromatic nitrogens is 3. The molecule has 0 aliphatic heterocycles. The molecule has 0 fully saturated rings. The van der Waals surface area contributed by atoms with Crippen LogP contribution in [0.1, 0.15) is 11.4 Å². The van der Waals surface area contributed by atoms with Crippen LogP contribution in [0, 0.1) is 6.92 Å². The molecule has 102 valence electrons. The number of alkyl halides is 1. The van der Waals surface area contributed by atoms with Gasteiger partial charge in [0.15, 0.2) is 5.65 Å². The first-order chi connectivity index (χ1) is 9.70. The first-order valence-corrected chi connectivity index (χ1v) is 7.68. The molecule has 0 saturated heterocycles. The second-order valence-corrected chi connectivity index (χ2v) is 5.81. The molecule has 3 nitrogen and oxygen atoms in total. The third-order valence-electron chi connectivity index (χ3n) is 3.20. The summed E-state index contributed by atoms with van der Waals surface area (Å²) in [6.07, 6.45) is 2.50. The Kier molecular flexibility index (Phi) is 3.76. The average molecular weight is 351 g/mol. The number of hydrogen-bond donors (Lipinski definition) is 0. The molecule has 0 amide bonds. The van der Waals surface area contributed by atoms with Gasteiger partial charge in [-0.3, -0.25) is 4.57 Å². The number of aryl methyl sites for hydroxylation is 2. The molecule has 0 N–H and O–H groups in total. The van der Waals surface area contributed by atoms with Crippen molar-refractivity contribution in [1.29, 1.82) is 0 Å². The molecule has 2 heterocycles. The zero-order valence-electron chi connectivity index (χ0n) is 11.0. The summed E-state index contributed by atoms with van der Waals surface area (Å²) >= 11 is 9.43. The Morgan fingerprint density at radius 3 is 2.90 bits per heavy atom. The van der Waals surface area contributed by atoms with Gasteiger partial charge in [-0.1, -0.05) is 15.9 Å². The molecular formula is C15H13BrClN3. The van der Waals surface area contributed by atoms with E-state index in [4.69, 9.17) is 11.6 Å². The lowest BCUT2D eigenvalue weighted by molar-refractivity contribution is 0.904. The number of hydrogen-bond acceptors (Lipinski definition) is 2. The van der Waals surface area contributed by atoms with E-state index in [9.17, 15) is 0 Å². The number of imidazole rings is 1. The minimum atomic E-state index is 0.541. The van der Waals surface area contributed by atoms with Crippen LogP contribution in [0.2, 0.25) is 0 Å². The highest BCUT2D eigenvalue weighted by atomic mass is 79.9. The molecule has 0 spiro atoms. The van der Waals surface area contributed by atoms with E-state index in [1.807, 2.05) is 18.2 Å². The fourth-order valence-corrected chi connectivity index (χ4v) is 2.67. The summed E-state index contributed by atoms with van der Waals surface area (Å²) in [6.45, 7) is 2.07. The number of rotatable bonds is 3. The summed E-state index contributed by atoms with van der Waals surface area (Å²) < 4.78 is 3.18. The summed E-state index contributed by atoms with van der Waals surface area (Å²) in [5, 5.41) is 0. The highest BCUT2D eigenvalue weighted by Gasteiger charge is 2.13. The quantitative estimate of drug-likeness (QED) is 0.660. The molecule has 1 aromatic carbocycles. The van der Waals surface area contributed by atoms with Gasteiger partial charge in [0.25, 0.3) is 0 Å². The molecule has 0 aliphatic carbocycles. The van der Waals surface area contributed by atoms with E-state index < -0.39 is 0 Å². The van der Waals surface area contributed by atoms with Crippen LogP contribution in [-0.4, -0.2) is 20.4 Å². The van der Waals surface area contributed by atoms with Crippen molar-refractivity contribution >= 4 is 38.7 Å². The smallest absolute Gasteiger partial charge is 0.164 e. The van der Waals surface area contributed by atoms with Gasteiger partial charge in [-0.05, 0) is 42.8 Å². The topological polar surface area (TPSA) is 30.7 Å². The van der Waals surface area contributed by atoms with E-state index in [0.29, 0.717) is 12.3 Å². The molecular weight excluding hydrogens is 338 g/mol. The maximum absolute atomic E-state index is 5.90. The second kappa shape index (κ2) is 5.54. The Hall–Kier alpha value is -1.39. The molecule has 2 aromatic heterocycles. The van der Waals surface area contributed by atoms with Gasteiger partial charge in [0, 0.05) is 28.7 Å². The molecule has 0 saturated carbocycles. The van der Waals surface area contributed by atoms with Gasteiger partial charge in [-0.25, -0.2) is 9.97 Å². The van der Waals surface area contributed by atoms with E-state index >= 15 is 0 Å². The van der Waals surface area contributed by atoms with Gasteiger partial charge in [0.1, 0.15) is 11.3 Å². The highest BCUT2D eigenvalue weighted by molar-refractivity contribution is 9.10. The van der Waals surface area contributed by atoms with Crippen LogP contribution >= 0.6 is 27.5 Å². The summed E-state index contributed by atoms with van der Waals surface area (Å²) in [4.78, 5) is 9.09. The summed E-state index contributed by atoms with van der Waals surface area (Å²) in [7, 11) is 0. The lowest BCUT2D eigenvalue weighted by atomic mass is 10.2. The van der Waals surface area contributed by atoms with Crippen LogP contribution in [-0.2, 0) is 6.42 Å². The van der Waals surface area contributed by atoms with E-state index in [1.165, 1.54) is 5.56 Å². The van der Waals surface area contributed by atoms with E-state index in [1.54, 1.807) is 6.20 Å². The normalized spacial score (nSPS) is 11.2. The van der Waals surface area contributed by atoms with E-state index in [0.717, 1.165) is 27.1 Å². The molecule has 0 bridgehead atoms. The fraction of sp³-hybridized carbons (Fsp3) is 0.200. The Bertz CT molecular complexity index is 767. The molecule has 5 heteroatoms. The number of pyridine rings is 1. The van der Waals surface area contributed by atoms with Crippen molar-refractivity contribution in [2.24, 2.45) is 0 Å². The van der Waals surface area contributed by atoms with Crippen molar-refractivity contribution in [3.63, 3.8) is 0 Å². The number of fused-ring (bicyclic) bond motifs is 1. The zero-order chi connectivity index (χ0) is 14.1. The summed E-state index contributed by atoms with van der Waals surface area (Å²) in [5.74, 6) is 1.48. The third kappa shape index (κ3) is 2.34. The predicted octanol–water partition coefficient (Wildman–Crippen LogP) is 4.27. The molecule has 0 atom stereocenters. The van der Waals surface area contributed by atoms with Crippen molar-refractivity contribution in [3.8, 4) is 5.69 Å². The Labute approximate surface area is 130 Å². The molecule has 0 radical (unpaired) electrons. The van der Waals surface area contributed by atoms with Gasteiger partial charge in [-0.2, -0.15) is 0 Å². The Morgan fingerprint density at radius 2 is 2.15 bits per heavy atom. The van der Waals surface area contributed by atoms with E-state index in [-0.39, 0.29) is 0 Å². The first kappa shape index (κ1) is 13.6. The van der Waals surface area contributed by atoms with Gasteiger partial charge in [0.05, 0.1) is 0 Å². The van der Waals surface area contributed by atoms with Crippen LogP contribution in [0.4, 0.5) is 0 Å². The second-order valence-electron chi connectivity index (χ2n) is 4.58. The predicted molar refractivity (Wildman–Crippen MR) is 85.7 cm³/mol. The van der Waals surface area contributed by atoms with Crippen molar-refractivity contribution in [1.82, 2.24) is 14.5 Å². The monoisotopic (exact) mass is 349 g/mol. The van der Waals surface area contributed by atoms with Gasteiger partial charge in [-0.15, -0.1) is 11.6 Å². The summed E-state index contributed by atoms with van der Waals surface area (Å²) in [6, 6.07) is 10.1. The third-order valence-corrected chi connectivity index (χ3v) is 4.28. The molecule has 0 aliphatic rings. The lowest BCUT2D eigenvalue weighted by Crippen LogP contribution is -2.03. The van der Waals surface area contributed by atoms with Crippen LogP contribution < -0.4 is 0 Å². The maximum atomic E-state index is 5.90. The van der Waals surface area contributed by atoms with Gasteiger partial charge >= 0.3 is 0 Å². The minimum Gasteiger partial charge on any atom is -0.281 e. The number of halogens is 2. The van der Waals surface area contributed by atoms with Gasteiger partial charge in [0.2, 0.25) is 0 Å². The van der Waals surface area contributed by atoms with Crippen molar-refractivity contribution in [2.45, 2.75) is 13.3 Å². The largest absolute Gasteiger partial charge is 0.281 e. The van der Waals surface area contributed by atoms with Crippen LogP contribution in [0.25, 0.3) is 16.9 Å². The van der Waals surface area contributed by atoms with Crippen LogP contribution in [0.15, 0.2) is 41.0 Å². The molecule has 20 heavy (non-hydrogen) atoms. The zero-order valence-corrected chi connectivity index (χ0v) is 13.3. The van der Waals surface area contributed by atoms with Crippen molar-refractivity contribution < 1.29 is 0 Å². The SMILES string of the molecule is Cc1cc(-n2c(CCCl)nc3cccnc32)ccc1Br. The van der Waals surface area contributed by atoms with Crippen molar-refractivity contribution in [2.75, 3.05) is 5.88 Å². The standard InChI is InChI=1S/C15H13BrClN3/c1-10-9-11(4-5-12(10)16)20-14(6-7-17)19-13-3-2-8-18-15(13)20/h2-5,8-9H,6-7H2,1H3. The Morgan fingerprint density at radius 1 is 1.30 bits per heavy atom. The first-order valence-electron chi connectivity index (χ1n) is 6.35. The Balaban J connectivity index is 2.26. The molecule has 0 unspecified atom stereocenters. The van der Waals surface area contributed by atoms with Crippen molar-refractivity contribution in [3.05, 3.63) is 52.4 Å². The maximum Gasteiger partial charge on any atom is 0.164 e. The lowest BCUT2D eigenvalue weighted by Gasteiger charge is -2.09. The van der Waals surface area contributed by atoms with E-state index in [2.05, 4.69) is 49.5 Å². The van der Waals surface area contributed by atoms with Gasteiger partial charge < -0.3 is 0 Å².